The maximum Gasteiger partial charge on any atom is 0.223 e. The molecule has 0 aromatic heterocycles. The van der Waals surface area contributed by atoms with Crippen LogP contribution < -0.4 is 5.73 Å². The van der Waals surface area contributed by atoms with E-state index in [9.17, 15) is 4.79 Å². The van der Waals surface area contributed by atoms with Gasteiger partial charge in [0.25, 0.3) is 0 Å². The first kappa shape index (κ1) is 13.5. The van der Waals surface area contributed by atoms with Crippen LogP contribution in [0.3, 0.4) is 0 Å². The summed E-state index contributed by atoms with van der Waals surface area (Å²) in [5, 5.41) is 0. The lowest BCUT2D eigenvalue weighted by molar-refractivity contribution is -0.131. The number of carbonyl (C=O) groups excluding carboxylic acids is 1. The molecule has 0 aliphatic heterocycles. The monoisotopic (exact) mass is 199 g/mol. The third kappa shape index (κ3) is 3.00. The van der Waals surface area contributed by atoms with Crippen molar-refractivity contribution in [2.45, 2.75) is 54.4 Å². The predicted molar refractivity (Wildman–Crippen MR) is 60.8 cm³/mol. The van der Waals surface area contributed by atoms with Gasteiger partial charge in [0, 0.05) is 5.41 Å². The van der Waals surface area contributed by atoms with Gasteiger partial charge in [0.05, 0.1) is 0 Å². The first-order chi connectivity index (χ1) is 6.15. The summed E-state index contributed by atoms with van der Waals surface area (Å²) >= 11 is 0. The first-order valence-electron chi connectivity index (χ1n) is 5.45. The van der Waals surface area contributed by atoms with E-state index in [0.29, 0.717) is 5.92 Å². The molecule has 0 aliphatic carbocycles. The zero-order chi connectivity index (χ0) is 11.6. The molecule has 0 spiro atoms. The molecule has 1 atom stereocenters. The number of hydrogen-bond donors (Lipinski definition) is 1. The molecule has 2 heteroatoms. The van der Waals surface area contributed by atoms with Crippen molar-refractivity contribution >= 4 is 5.91 Å². The molecule has 0 aromatic carbocycles. The van der Waals surface area contributed by atoms with E-state index in [0.717, 1.165) is 12.8 Å². The van der Waals surface area contributed by atoms with E-state index in [1.165, 1.54) is 0 Å². The number of nitrogens with two attached hydrogens (primary N) is 1. The molecule has 0 heterocycles. The second-order valence-electron chi connectivity index (χ2n) is 5.63. The summed E-state index contributed by atoms with van der Waals surface area (Å²) in [5.74, 6) is 0.125. The van der Waals surface area contributed by atoms with Gasteiger partial charge in [-0.3, -0.25) is 4.79 Å². The van der Waals surface area contributed by atoms with Gasteiger partial charge in [-0.2, -0.15) is 0 Å². The topological polar surface area (TPSA) is 43.1 Å². The Hall–Kier alpha value is -0.530. The zero-order valence-corrected chi connectivity index (χ0v) is 10.5. The maximum absolute atomic E-state index is 11.5. The Morgan fingerprint density at radius 1 is 1.29 bits per heavy atom. The van der Waals surface area contributed by atoms with Crippen LogP contribution in [0.5, 0.6) is 0 Å². The van der Waals surface area contributed by atoms with Gasteiger partial charge in [-0.15, -0.1) is 0 Å². The fourth-order valence-electron chi connectivity index (χ4n) is 1.69. The molecule has 0 aromatic rings. The molecule has 14 heavy (non-hydrogen) atoms. The summed E-state index contributed by atoms with van der Waals surface area (Å²) < 4.78 is 0. The molecule has 0 fully saturated rings. The Bertz CT molecular complexity index is 208. The normalized spacial score (nSPS) is 16.8. The van der Waals surface area contributed by atoms with E-state index in [1.807, 2.05) is 6.92 Å². The summed E-state index contributed by atoms with van der Waals surface area (Å²) in [6, 6.07) is 0. The Morgan fingerprint density at radius 2 is 1.71 bits per heavy atom. The average Bonchev–Trinajstić information content (AvgIpc) is 2.03. The van der Waals surface area contributed by atoms with Gasteiger partial charge >= 0.3 is 0 Å². The first-order valence-corrected chi connectivity index (χ1v) is 5.45. The standard InChI is InChI=1S/C12H25NO/c1-7-11(4,5)8-12(6,9(2)3)10(13)14/h9H,7-8H2,1-6H3,(H2,13,14). The second-order valence-corrected chi connectivity index (χ2v) is 5.63. The smallest absolute Gasteiger partial charge is 0.223 e. The van der Waals surface area contributed by atoms with Crippen LogP contribution in [0.2, 0.25) is 0 Å². The van der Waals surface area contributed by atoms with Gasteiger partial charge in [-0.05, 0) is 17.8 Å². The molecule has 1 amide bonds. The van der Waals surface area contributed by atoms with Crippen LogP contribution in [-0.4, -0.2) is 5.91 Å². The van der Waals surface area contributed by atoms with E-state index in [2.05, 4.69) is 34.6 Å². The van der Waals surface area contributed by atoms with Crippen LogP contribution in [0.1, 0.15) is 54.4 Å². The average molecular weight is 199 g/mol. The molecule has 0 aliphatic rings. The molecule has 2 nitrogen and oxygen atoms in total. The van der Waals surface area contributed by atoms with Gasteiger partial charge in [-0.1, -0.05) is 48.0 Å². The fourth-order valence-corrected chi connectivity index (χ4v) is 1.69. The highest BCUT2D eigenvalue weighted by Crippen LogP contribution is 2.40. The molecule has 0 bridgehead atoms. The number of primary amides is 1. The number of amides is 1. The zero-order valence-electron chi connectivity index (χ0n) is 10.5. The lowest BCUT2D eigenvalue weighted by Crippen LogP contribution is -2.42. The van der Waals surface area contributed by atoms with E-state index in [-0.39, 0.29) is 16.7 Å². The molecule has 0 saturated heterocycles. The van der Waals surface area contributed by atoms with Crippen molar-refractivity contribution in [3.63, 3.8) is 0 Å². The van der Waals surface area contributed by atoms with Crippen molar-refractivity contribution in [2.24, 2.45) is 22.5 Å². The summed E-state index contributed by atoms with van der Waals surface area (Å²) in [6.45, 7) is 12.7. The highest BCUT2D eigenvalue weighted by Gasteiger charge is 2.39. The van der Waals surface area contributed by atoms with Gasteiger partial charge in [0.15, 0.2) is 0 Å². The molecular formula is C12H25NO. The highest BCUT2D eigenvalue weighted by molar-refractivity contribution is 5.80. The lowest BCUT2D eigenvalue weighted by Gasteiger charge is -2.37. The van der Waals surface area contributed by atoms with E-state index in [1.54, 1.807) is 0 Å². The van der Waals surface area contributed by atoms with Gasteiger partial charge in [0.1, 0.15) is 0 Å². The van der Waals surface area contributed by atoms with Crippen molar-refractivity contribution in [1.29, 1.82) is 0 Å². The Morgan fingerprint density at radius 3 is 1.93 bits per heavy atom. The van der Waals surface area contributed by atoms with Gasteiger partial charge in [-0.25, -0.2) is 0 Å². The van der Waals surface area contributed by atoms with Crippen molar-refractivity contribution in [2.75, 3.05) is 0 Å². The lowest BCUT2D eigenvalue weighted by atomic mass is 9.67. The van der Waals surface area contributed by atoms with E-state index < -0.39 is 0 Å². The number of hydrogen-bond acceptors (Lipinski definition) is 1. The minimum Gasteiger partial charge on any atom is -0.369 e. The molecule has 0 rings (SSSR count). The third-order valence-electron chi connectivity index (χ3n) is 3.64. The minimum absolute atomic E-state index is 0.172. The molecule has 0 radical (unpaired) electrons. The van der Waals surface area contributed by atoms with Crippen LogP contribution in [0.15, 0.2) is 0 Å². The Labute approximate surface area is 88.3 Å². The summed E-state index contributed by atoms with van der Waals surface area (Å²) in [4.78, 5) is 11.5. The van der Waals surface area contributed by atoms with Crippen LogP contribution in [-0.2, 0) is 4.79 Å². The molecule has 1 unspecified atom stereocenters. The maximum atomic E-state index is 11.5. The predicted octanol–water partition coefficient (Wildman–Crippen LogP) is 2.96. The van der Waals surface area contributed by atoms with Crippen LogP contribution in [0.25, 0.3) is 0 Å². The molecule has 84 valence electrons. The van der Waals surface area contributed by atoms with Crippen LogP contribution >= 0.6 is 0 Å². The second kappa shape index (κ2) is 4.33. The van der Waals surface area contributed by atoms with Crippen LogP contribution in [0, 0.1) is 16.7 Å². The van der Waals surface area contributed by atoms with Gasteiger partial charge in [0.2, 0.25) is 5.91 Å². The fraction of sp³-hybridized carbons (Fsp3) is 0.917. The molecule has 0 saturated carbocycles. The quantitative estimate of drug-likeness (QED) is 0.726. The Balaban J connectivity index is 4.79. The number of rotatable bonds is 5. The van der Waals surface area contributed by atoms with E-state index >= 15 is 0 Å². The van der Waals surface area contributed by atoms with Crippen molar-refractivity contribution in [3.05, 3.63) is 0 Å². The third-order valence-corrected chi connectivity index (χ3v) is 3.64. The number of carbonyl (C=O) groups is 1. The minimum atomic E-state index is -0.375. The molecular weight excluding hydrogens is 174 g/mol. The van der Waals surface area contributed by atoms with Crippen molar-refractivity contribution in [1.82, 2.24) is 0 Å². The summed E-state index contributed by atoms with van der Waals surface area (Å²) in [7, 11) is 0. The Kier molecular flexibility index (Phi) is 4.16. The van der Waals surface area contributed by atoms with Crippen molar-refractivity contribution < 1.29 is 4.79 Å². The van der Waals surface area contributed by atoms with Crippen molar-refractivity contribution in [3.8, 4) is 0 Å². The SMILES string of the molecule is CCC(C)(C)CC(C)(C(N)=O)C(C)C. The largest absolute Gasteiger partial charge is 0.369 e. The molecule has 2 N–H and O–H groups in total. The summed E-state index contributed by atoms with van der Waals surface area (Å²) in [5.41, 5.74) is 5.31. The van der Waals surface area contributed by atoms with Gasteiger partial charge < -0.3 is 5.73 Å². The highest BCUT2D eigenvalue weighted by atomic mass is 16.1. The van der Waals surface area contributed by atoms with Crippen LogP contribution in [0.4, 0.5) is 0 Å². The summed E-state index contributed by atoms with van der Waals surface area (Å²) in [6.07, 6.45) is 1.94. The van der Waals surface area contributed by atoms with E-state index in [4.69, 9.17) is 5.73 Å².